The first-order chi connectivity index (χ1) is 11.5. The number of carbonyl (C=O) groups is 2. The Balaban J connectivity index is 1.90. The second kappa shape index (κ2) is 8.70. The number of aryl methyl sites for hydroxylation is 1. The molecular weight excluding hydrogens is 348 g/mol. The molecule has 1 aromatic heterocycles. The number of methoxy groups -OCH3 is 1. The van der Waals surface area contributed by atoms with Crippen LogP contribution < -0.4 is 10.1 Å². The third kappa shape index (κ3) is 4.97. The number of thioether (sulfide) groups is 1. The molecule has 0 saturated carbocycles. The lowest BCUT2D eigenvalue weighted by molar-refractivity contribution is -0.113. The molecule has 0 aliphatic heterocycles. The predicted octanol–water partition coefficient (Wildman–Crippen LogP) is 3.37. The van der Waals surface area contributed by atoms with Gasteiger partial charge in [0.2, 0.25) is 5.91 Å². The average Bonchev–Trinajstić information content (AvgIpc) is 2.94. The van der Waals surface area contributed by atoms with Crippen molar-refractivity contribution >= 4 is 40.1 Å². The van der Waals surface area contributed by atoms with Crippen molar-refractivity contribution in [2.45, 2.75) is 18.7 Å². The summed E-state index contributed by atoms with van der Waals surface area (Å²) < 4.78 is 10.0. The molecule has 1 heterocycles. The molecule has 0 fully saturated rings. The van der Waals surface area contributed by atoms with Gasteiger partial charge in [-0.3, -0.25) is 4.79 Å². The molecule has 1 N–H and O–H groups in total. The summed E-state index contributed by atoms with van der Waals surface area (Å²) in [5, 5.41) is 3.11. The van der Waals surface area contributed by atoms with Crippen molar-refractivity contribution in [1.82, 2.24) is 4.98 Å². The van der Waals surface area contributed by atoms with Gasteiger partial charge in [0.05, 0.1) is 25.2 Å². The van der Waals surface area contributed by atoms with E-state index in [1.54, 1.807) is 21.0 Å². The zero-order valence-electron chi connectivity index (χ0n) is 13.6. The largest absolute Gasteiger partial charge is 0.497 e. The van der Waals surface area contributed by atoms with Crippen LogP contribution in [0.5, 0.6) is 5.75 Å². The third-order valence-corrected chi connectivity index (χ3v) is 5.00. The van der Waals surface area contributed by atoms with Gasteiger partial charge in [-0.25, -0.2) is 9.78 Å². The van der Waals surface area contributed by atoms with Gasteiger partial charge in [0.25, 0.3) is 0 Å². The Morgan fingerprint density at radius 3 is 2.62 bits per heavy atom. The number of ether oxygens (including phenoxy) is 2. The van der Waals surface area contributed by atoms with Gasteiger partial charge in [-0.15, -0.1) is 11.8 Å². The fraction of sp³-hybridized carbons (Fsp3) is 0.312. The molecule has 6 nitrogen and oxygen atoms in total. The van der Waals surface area contributed by atoms with E-state index in [0.29, 0.717) is 22.3 Å². The van der Waals surface area contributed by atoms with Gasteiger partial charge in [0.15, 0.2) is 5.13 Å². The van der Waals surface area contributed by atoms with Crippen molar-refractivity contribution in [2.75, 3.05) is 24.8 Å². The molecular formula is C16H18N2O4S2. The number of anilines is 1. The molecule has 0 radical (unpaired) electrons. The molecule has 0 unspecified atom stereocenters. The van der Waals surface area contributed by atoms with E-state index in [9.17, 15) is 9.59 Å². The van der Waals surface area contributed by atoms with Crippen LogP contribution in [0.4, 0.5) is 5.13 Å². The number of nitrogens with zero attached hydrogens (tertiary/aromatic N) is 1. The summed E-state index contributed by atoms with van der Waals surface area (Å²) in [7, 11) is 1.61. The van der Waals surface area contributed by atoms with Crippen LogP contribution in [0.2, 0.25) is 0 Å². The van der Waals surface area contributed by atoms with E-state index in [1.807, 2.05) is 24.3 Å². The Morgan fingerprint density at radius 1 is 1.29 bits per heavy atom. The van der Waals surface area contributed by atoms with Gasteiger partial charge in [-0.1, -0.05) is 11.3 Å². The molecule has 2 rings (SSSR count). The van der Waals surface area contributed by atoms with Crippen LogP contribution in [-0.2, 0) is 9.53 Å². The molecule has 1 amide bonds. The van der Waals surface area contributed by atoms with Gasteiger partial charge < -0.3 is 14.8 Å². The smallest absolute Gasteiger partial charge is 0.350 e. The second-order valence-electron chi connectivity index (χ2n) is 4.67. The molecule has 1 aromatic carbocycles. The van der Waals surface area contributed by atoms with E-state index in [0.717, 1.165) is 22.0 Å². The number of aromatic nitrogens is 1. The summed E-state index contributed by atoms with van der Waals surface area (Å²) in [6, 6.07) is 7.47. The SMILES string of the molecule is CCOC(=O)c1sc(NC(=O)CSc2ccc(OC)cc2)nc1C. The third-order valence-electron chi connectivity index (χ3n) is 2.93. The topological polar surface area (TPSA) is 77.5 Å². The van der Waals surface area contributed by atoms with E-state index in [-0.39, 0.29) is 11.7 Å². The number of thiazole rings is 1. The molecule has 0 spiro atoms. The summed E-state index contributed by atoms with van der Waals surface area (Å²) >= 11 is 2.53. The number of amides is 1. The quantitative estimate of drug-likeness (QED) is 0.598. The first-order valence-corrected chi connectivity index (χ1v) is 9.05. The molecule has 0 atom stereocenters. The van der Waals surface area contributed by atoms with Crippen LogP contribution >= 0.6 is 23.1 Å². The number of hydrogen-bond acceptors (Lipinski definition) is 7. The average molecular weight is 366 g/mol. The molecule has 8 heteroatoms. The van der Waals surface area contributed by atoms with Crippen LogP contribution in [0.25, 0.3) is 0 Å². The maximum absolute atomic E-state index is 12.0. The molecule has 0 saturated heterocycles. The highest BCUT2D eigenvalue weighted by atomic mass is 32.2. The number of rotatable bonds is 7. The highest BCUT2D eigenvalue weighted by Gasteiger charge is 2.17. The van der Waals surface area contributed by atoms with Crippen molar-refractivity contribution in [3.63, 3.8) is 0 Å². The lowest BCUT2D eigenvalue weighted by Gasteiger charge is -2.03. The number of hydrogen-bond donors (Lipinski definition) is 1. The van der Waals surface area contributed by atoms with Gasteiger partial charge in [0.1, 0.15) is 10.6 Å². The maximum Gasteiger partial charge on any atom is 0.350 e. The van der Waals surface area contributed by atoms with Crippen molar-refractivity contribution < 1.29 is 19.1 Å². The highest BCUT2D eigenvalue weighted by Crippen LogP contribution is 2.25. The Hall–Kier alpha value is -2.06. The lowest BCUT2D eigenvalue weighted by Crippen LogP contribution is -2.13. The fourth-order valence-corrected chi connectivity index (χ4v) is 3.39. The van der Waals surface area contributed by atoms with E-state index in [4.69, 9.17) is 9.47 Å². The molecule has 128 valence electrons. The second-order valence-corrected chi connectivity index (χ2v) is 6.71. The van der Waals surface area contributed by atoms with Crippen molar-refractivity contribution in [3.05, 3.63) is 34.8 Å². The van der Waals surface area contributed by atoms with E-state index in [1.165, 1.54) is 11.8 Å². The van der Waals surface area contributed by atoms with Crippen molar-refractivity contribution in [2.24, 2.45) is 0 Å². The molecule has 0 bridgehead atoms. The minimum Gasteiger partial charge on any atom is -0.497 e. The summed E-state index contributed by atoms with van der Waals surface area (Å²) in [6.07, 6.45) is 0. The van der Waals surface area contributed by atoms with Crippen LogP contribution in [0, 0.1) is 6.92 Å². The van der Waals surface area contributed by atoms with Gasteiger partial charge >= 0.3 is 5.97 Å². The van der Waals surface area contributed by atoms with E-state index < -0.39 is 5.97 Å². The van der Waals surface area contributed by atoms with Crippen molar-refractivity contribution in [3.8, 4) is 5.75 Å². The molecule has 0 aliphatic carbocycles. The maximum atomic E-state index is 12.0. The summed E-state index contributed by atoms with van der Waals surface area (Å²) in [6.45, 7) is 3.76. The van der Waals surface area contributed by atoms with Gasteiger partial charge in [-0.2, -0.15) is 0 Å². The zero-order valence-corrected chi connectivity index (χ0v) is 15.3. The molecule has 2 aromatic rings. The Labute approximate surface area is 148 Å². The summed E-state index contributed by atoms with van der Waals surface area (Å²) in [4.78, 5) is 29.3. The number of benzene rings is 1. The zero-order chi connectivity index (χ0) is 17.5. The summed E-state index contributed by atoms with van der Waals surface area (Å²) in [5.41, 5.74) is 0.552. The van der Waals surface area contributed by atoms with E-state index in [2.05, 4.69) is 10.3 Å². The fourth-order valence-electron chi connectivity index (χ4n) is 1.81. The van der Waals surface area contributed by atoms with Crippen LogP contribution in [-0.4, -0.2) is 36.3 Å². The van der Waals surface area contributed by atoms with Gasteiger partial charge in [0, 0.05) is 4.90 Å². The lowest BCUT2D eigenvalue weighted by atomic mass is 10.3. The Bertz CT molecular complexity index is 713. The van der Waals surface area contributed by atoms with Crippen LogP contribution in [0.15, 0.2) is 29.2 Å². The van der Waals surface area contributed by atoms with Gasteiger partial charge in [-0.05, 0) is 38.1 Å². The normalized spacial score (nSPS) is 10.3. The minimum atomic E-state index is -0.416. The Kier molecular flexibility index (Phi) is 6.62. The molecule has 0 aliphatic rings. The van der Waals surface area contributed by atoms with Crippen LogP contribution in [0.3, 0.4) is 0 Å². The number of carbonyl (C=O) groups excluding carboxylic acids is 2. The first kappa shape index (κ1) is 18.3. The van der Waals surface area contributed by atoms with Crippen LogP contribution in [0.1, 0.15) is 22.3 Å². The highest BCUT2D eigenvalue weighted by molar-refractivity contribution is 8.00. The summed E-state index contributed by atoms with van der Waals surface area (Å²) in [5.74, 6) is 0.425. The standard InChI is InChI=1S/C16H18N2O4S2/c1-4-22-15(20)14-10(2)17-16(24-14)18-13(19)9-23-12-7-5-11(21-3)6-8-12/h5-8H,4,9H2,1-3H3,(H,17,18,19). The monoisotopic (exact) mass is 366 g/mol. The Morgan fingerprint density at radius 2 is 2.00 bits per heavy atom. The minimum absolute atomic E-state index is 0.181. The number of esters is 1. The van der Waals surface area contributed by atoms with Crippen molar-refractivity contribution in [1.29, 1.82) is 0 Å². The first-order valence-electron chi connectivity index (χ1n) is 7.24. The van der Waals surface area contributed by atoms with E-state index >= 15 is 0 Å². The molecule has 24 heavy (non-hydrogen) atoms. The number of nitrogens with one attached hydrogen (secondary N) is 1. The predicted molar refractivity (Wildman–Crippen MR) is 95.2 cm³/mol.